The Labute approximate surface area is 72.2 Å². The number of aliphatic hydroxyl groups is 1. The lowest BCUT2D eigenvalue weighted by atomic mass is 9.81. The Morgan fingerprint density at radius 2 is 2.17 bits per heavy atom. The predicted molar refractivity (Wildman–Crippen MR) is 46.5 cm³/mol. The van der Waals surface area contributed by atoms with Crippen LogP contribution in [0.4, 0.5) is 0 Å². The van der Waals surface area contributed by atoms with Crippen molar-refractivity contribution in [3.8, 4) is 0 Å². The van der Waals surface area contributed by atoms with Crippen LogP contribution in [0.25, 0.3) is 10.4 Å². The summed E-state index contributed by atoms with van der Waals surface area (Å²) < 4.78 is 0. The maximum atomic E-state index is 9.75. The van der Waals surface area contributed by atoms with Crippen LogP contribution in [0, 0.1) is 11.3 Å². The van der Waals surface area contributed by atoms with Crippen LogP contribution in [-0.2, 0) is 0 Å². The van der Waals surface area contributed by atoms with Gasteiger partial charge in [-0.15, -0.1) is 0 Å². The Hall–Kier alpha value is -0.730. The zero-order chi connectivity index (χ0) is 9.35. The van der Waals surface area contributed by atoms with Crippen LogP contribution in [0.3, 0.4) is 0 Å². The van der Waals surface area contributed by atoms with Gasteiger partial charge < -0.3 is 5.11 Å². The minimum Gasteiger partial charge on any atom is -0.392 e. The largest absolute Gasteiger partial charge is 0.392 e. The van der Waals surface area contributed by atoms with Gasteiger partial charge in [-0.25, -0.2) is 0 Å². The minimum absolute atomic E-state index is 0.126. The molecule has 0 aromatic heterocycles. The van der Waals surface area contributed by atoms with E-state index in [1.807, 2.05) is 13.8 Å². The van der Waals surface area contributed by atoms with Gasteiger partial charge in [0.2, 0.25) is 0 Å². The fourth-order valence-electron chi connectivity index (χ4n) is 1.76. The Balaban J connectivity index is 2.82. The normalized spacial score (nSPS) is 39.2. The lowest BCUT2D eigenvalue weighted by molar-refractivity contribution is 0.0504. The Bertz CT molecular complexity index is 220. The number of hydrogen-bond donors (Lipinski definition) is 1. The van der Waals surface area contributed by atoms with Crippen molar-refractivity contribution >= 4 is 0 Å². The number of aliphatic hydroxyl groups excluding tert-OH is 1. The Morgan fingerprint density at radius 3 is 2.50 bits per heavy atom. The summed E-state index contributed by atoms with van der Waals surface area (Å²) >= 11 is 0. The second-order valence-electron chi connectivity index (χ2n) is 4.18. The Kier molecular flexibility index (Phi) is 2.31. The summed E-state index contributed by atoms with van der Waals surface area (Å²) in [6.45, 7) is 6.10. The minimum atomic E-state index is -0.497. The number of nitrogens with zero attached hydrogens (tertiary/aromatic N) is 3. The molecule has 0 saturated heterocycles. The van der Waals surface area contributed by atoms with Crippen molar-refractivity contribution in [2.24, 2.45) is 16.4 Å². The van der Waals surface area contributed by atoms with Gasteiger partial charge in [0.15, 0.2) is 0 Å². The highest BCUT2D eigenvalue weighted by Crippen LogP contribution is 2.43. The van der Waals surface area contributed by atoms with Crippen LogP contribution in [-0.4, -0.2) is 17.3 Å². The van der Waals surface area contributed by atoms with E-state index in [1.165, 1.54) is 0 Å². The van der Waals surface area contributed by atoms with Crippen molar-refractivity contribution in [1.82, 2.24) is 0 Å². The summed E-state index contributed by atoms with van der Waals surface area (Å²) in [7, 11) is 0. The molecule has 68 valence electrons. The molecule has 0 radical (unpaired) electrons. The molecule has 1 aliphatic rings. The van der Waals surface area contributed by atoms with Crippen LogP contribution >= 0.6 is 0 Å². The third kappa shape index (κ3) is 1.28. The molecule has 0 heterocycles. The first-order chi connectivity index (χ1) is 5.50. The van der Waals surface area contributed by atoms with E-state index in [9.17, 15) is 5.11 Å². The molecule has 1 unspecified atom stereocenters. The third-order valence-corrected chi connectivity index (χ3v) is 3.19. The topological polar surface area (TPSA) is 69.0 Å². The van der Waals surface area contributed by atoms with Crippen molar-refractivity contribution in [1.29, 1.82) is 0 Å². The van der Waals surface area contributed by atoms with E-state index >= 15 is 0 Å². The van der Waals surface area contributed by atoms with Crippen LogP contribution in [0.5, 0.6) is 0 Å². The monoisotopic (exact) mass is 169 g/mol. The summed E-state index contributed by atoms with van der Waals surface area (Å²) in [5, 5.41) is 13.3. The highest BCUT2D eigenvalue weighted by atomic mass is 16.3. The molecule has 3 atom stereocenters. The summed E-state index contributed by atoms with van der Waals surface area (Å²) in [6.07, 6.45) is 0.293. The van der Waals surface area contributed by atoms with Crippen LogP contribution in [0.2, 0.25) is 0 Å². The first kappa shape index (κ1) is 9.36. The van der Waals surface area contributed by atoms with Gasteiger partial charge in [-0.1, -0.05) is 25.9 Å². The van der Waals surface area contributed by atoms with Gasteiger partial charge in [0.1, 0.15) is 0 Å². The molecule has 0 aliphatic heterocycles. The first-order valence-corrected chi connectivity index (χ1v) is 4.22. The highest BCUT2D eigenvalue weighted by Gasteiger charge is 2.45. The van der Waals surface area contributed by atoms with Gasteiger partial charge in [0.25, 0.3) is 0 Å². The Morgan fingerprint density at radius 1 is 1.58 bits per heavy atom. The summed E-state index contributed by atoms with van der Waals surface area (Å²) in [4.78, 5) is 2.73. The molecule has 1 N–H and O–H groups in total. The van der Waals surface area contributed by atoms with Gasteiger partial charge in [0.05, 0.1) is 12.1 Å². The number of rotatable bonds is 1. The quantitative estimate of drug-likeness (QED) is 0.364. The molecule has 1 saturated carbocycles. The summed E-state index contributed by atoms with van der Waals surface area (Å²) in [6, 6.07) is -0.236. The lowest BCUT2D eigenvalue weighted by Gasteiger charge is -2.27. The van der Waals surface area contributed by atoms with Crippen LogP contribution < -0.4 is 0 Å². The van der Waals surface area contributed by atoms with Crippen LogP contribution in [0.15, 0.2) is 5.11 Å². The molecule has 12 heavy (non-hydrogen) atoms. The average Bonchev–Trinajstić information content (AvgIpc) is 2.17. The van der Waals surface area contributed by atoms with Crippen molar-refractivity contribution in [3.63, 3.8) is 0 Å². The maximum absolute atomic E-state index is 9.75. The van der Waals surface area contributed by atoms with Gasteiger partial charge >= 0.3 is 0 Å². The fourth-order valence-corrected chi connectivity index (χ4v) is 1.76. The van der Waals surface area contributed by atoms with E-state index in [1.54, 1.807) is 0 Å². The fraction of sp³-hybridized carbons (Fsp3) is 1.00. The first-order valence-electron chi connectivity index (χ1n) is 4.22. The van der Waals surface area contributed by atoms with E-state index in [-0.39, 0.29) is 11.5 Å². The van der Waals surface area contributed by atoms with Gasteiger partial charge in [-0.05, 0) is 23.3 Å². The number of azide groups is 1. The molecule has 0 aromatic rings. The lowest BCUT2D eigenvalue weighted by Crippen LogP contribution is -2.32. The predicted octanol–water partition coefficient (Wildman–Crippen LogP) is 2.09. The molecule has 4 heteroatoms. The zero-order valence-corrected chi connectivity index (χ0v) is 7.73. The smallest absolute Gasteiger partial charge is 0.0678 e. The highest BCUT2D eigenvalue weighted by molar-refractivity contribution is 4.99. The van der Waals surface area contributed by atoms with Gasteiger partial charge in [-0.3, -0.25) is 0 Å². The molecule has 1 rings (SSSR count). The maximum Gasteiger partial charge on any atom is 0.0678 e. The van der Waals surface area contributed by atoms with Crippen molar-refractivity contribution in [2.75, 3.05) is 0 Å². The SMILES string of the molecule is CC1C[C@H](N=[N+]=[N-])[C@@H](O)C1(C)C. The molecule has 1 fully saturated rings. The van der Waals surface area contributed by atoms with E-state index in [0.29, 0.717) is 5.92 Å². The van der Waals surface area contributed by atoms with E-state index in [4.69, 9.17) is 5.53 Å². The molecule has 0 aromatic carbocycles. The molecule has 4 nitrogen and oxygen atoms in total. The summed E-state index contributed by atoms with van der Waals surface area (Å²) in [5.74, 6) is 0.406. The van der Waals surface area contributed by atoms with Gasteiger partial charge in [0, 0.05) is 4.91 Å². The molecular formula is C8H15N3O. The number of hydrogen-bond acceptors (Lipinski definition) is 2. The molecule has 0 bridgehead atoms. The van der Waals surface area contributed by atoms with Crippen molar-refractivity contribution in [3.05, 3.63) is 10.4 Å². The van der Waals surface area contributed by atoms with Crippen LogP contribution in [0.1, 0.15) is 27.2 Å². The third-order valence-electron chi connectivity index (χ3n) is 3.19. The van der Waals surface area contributed by atoms with E-state index in [2.05, 4.69) is 16.9 Å². The van der Waals surface area contributed by atoms with Crippen molar-refractivity contribution < 1.29 is 5.11 Å². The zero-order valence-electron chi connectivity index (χ0n) is 7.73. The molecule has 1 aliphatic carbocycles. The molecule has 0 amide bonds. The second kappa shape index (κ2) is 2.96. The van der Waals surface area contributed by atoms with Gasteiger partial charge in [-0.2, -0.15) is 0 Å². The van der Waals surface area contributed by atoms with E-state index in [0.717, 1.165) is 6.42 Å². The second-order valence-corrected chi connectivity index (χ2v) is 4.18. The van der Waals surface area contributed by atoms with E-state index < -0.39 is 6.10 Å². The molecule has 0 spiro atoms. The van der Waals surface area contributed by atoms with Crippen molar-refractivity contribution in [2.45, 2.75) is 39.3 Å². The summed E-state index contributed by atoms with van der Waals surface area (Å²) in [5.41, 5.74) is 8.12. The average molecular weight is 169 g/mol. The molecular weight excluding hydrogens is 154 g/mol. The standard InChI is InChI=1S/C8H15N3O/c1-5-4-6(10-11-9)7(12)8(5,2)3/h5-7,12H,4H2,1-3H3/t5?,6-,7+/m0/s1.